The third kappa shape index (κ3) is 5.63. The second-order valence-electron chi connectivity index (χ2n) is 10.1. The minimum absolute atomic E-state index is 0.0761. The number of benzene rings is 3. The number of aryl methyl sites for hydroxylation is 1. The lowest BCUT2D eigenvalue weighted by Crippen LogP contribution is -2.34. The standard InChI is InChI=1S/C27H23ClFN5O3.C3H6O/c1-32-22-11-16(27(35)36)6-8-20(22)30-24(32)13-33-9-10-34-21-3-2-4-23(26(21)31-25(34)14-33)37-15-17-5-7-18(28)12-19(17)29;1-2-4-3-1/h2-8,11-12H,9-10,13-15H2,1H3,(H,35,36);1-3H2. The first-order valence-electron chi connectivity index (χ1n) is 13.4. The van der Waals surface area contributed by atoms with Gasteiger partial charge in [-0.2, -0.15) is 0 Å². The number of nitrogens with zero attached hydrogens (tertiary/aromatic N) is 5. The van der Waals surface area contributed by atoms with Crippen LogP contribution in [0.1, 0.15) is 34.0 Å². The molecule has 2 aliphatic heterocycles. The van der Waals surface area contributed by atoms with E-state index in [9.17, 15) is 14.3 Å². The monoisotopic (exact) mass is 577 g/mol. The van der Waals surface area contributed by atoms with Crippen LogP contribution in [0.25, 0.3) is 22.1 Å². The molecule has 0 spiro atoms. The second-order valence-corrected chi connectivity index (χ2v) is 10.5. The largest absolute Gasteiger partial charge is 0.486 e. The number of carboxylic acid groups (broad SMARTS) is 1. The highest BCUT2D eigenvalue weighted by molar-refractivity contribution is 6.30. The summed E-state index contributed by atoms with van der Waals surface area (Å²) < 4.78 is 29.0. The van der Waals surface area contributed by atoms with Gasteiger partial charge in [0.15, 0.2) is 0 Å². The van der Waals surface area contributed by atoms with Crippen LogP contribution in [0.4, 0.5) is 4.39 Å². The van der Waals surface area contributed by atoms with Gasteiger partial charge in [-0.1, -0.05) is 23.7 Å². The highest BCUT2D eigenvalue weighted by Crippen LogP contribution is 2.30. The Morgan fingerprint density at radius 3 is 2.63 bits per heavy atom. The number of ether oxygens (including phenoxy) is 2. The fraction of sp³-hybridized carbons (Fsp3) is 0.300. The molecule has 7 rings (SSSR count). The van der Waals surface area contributed by atoms with E-state index in [0.29, 0.717) is 29.4 Å². The van der Waals surface area contributed by atoms with Crippen molar-refractivity contribution in [1.82, 2.24) is 24.0 Å². The summed E-state index contributed by atoms with van der Waals surface area (Å²) >= 11 is 5.86. The smallest absolute Gasteiger partial charge is 0.335 e. The van der Waals surface area contributed by atoms with Crippen LogP contribution in [0, 0.1) is 5.82 Å². The summed E-state index contributed by atoms with van der Waals surface area (Å²) in [7, 11) is 1.91. The average Bonchev–Trinajstić information content (AvgIpc) is 3.44. The molecule has 2 aliphatic rings. The molecule has 0 radical (unpaired) electrons. The van der Waals surface area contributed by atoms with E-state index in [1.807, 2.05) is 29.8 Å². The zero-order valence-corrected chi connectivity index (χ0v) is 23.3. The number of carboxylic acids is 1. The second kappa shape index (κ2) is 11.5. The van der Waals surface area contributed by atoms with E-state index >= 15 is 0 Å². The van der Waals surface area contributed by atoms with Gasteiger partial charge in [-0.15, -0.1) is 0 Å². The maximum Gasteiger partial charge on any atom is 0.335 e. The van der Waals surface area contributed by atoms with Crippen LogP contribution in [-0.2, 0) is 38.0 Å². The van der Waals surface area contributed by atoms with Crippen LogP contribution in [0.2, 0.25) is 5.02 Å². The first-order chi connectivity index (χ1) is 19.9. The predicted molar refractivity (Wildman–Crippen MR) is 153 cm³/mol. The molecule has 11 heteroatoms. The van der Waals surface area contributed by atoms with Gasteiger partial charge in [0.1, 0.15) is 35.3 Å². The molecule has 0 aliphatic carbocycles. The van der Waals surface area contributed by atoms with Crippen molar-refractivity contribution in [1.29, 1.82) is 0 Å². The number of imidazole rings is 2. The molecule has 0 atom stereocenters. The van der Waals surface area contributed by atoms with Gasteiger partial charge >= 0.3 is 5.97 Å². The van der Waals surface area contributed by atoms with Gasteiger partial charge < -0.3 is 23.7 Å². The Labute approximate surface area is 240 Å². The minimum Gasteiger partial charge on any atom is -0.486 e. The average molecular weight is 578 g/mol. The van der Waals surface area contributed by atoms with E-state index in [1.165, 1.54) is 12.5 Å². The Balaban J connectivity index is 0.000000697. The van der Waals surface area contributed by atoms with Crippen LogP contribution in [-0.4, -0.2) is 54.8 Å². The molecular formula is C30H29ClFN5O4. The van der Waals surface area contributed by atoms with Crippen molar-refractivity contribution >= 4 is 39.6 Å². The van der Waals surface area contributed by atoms with Crippen molar-refractivity contribution in [2.75, 3.05) is 19.8 Å². The van der Waals surface area contributed by atoms with Gasteiger partial charge in [-0.25, -0.2) is 19.2 Å². The molecule has 1 N–H and O–H groups in total. The van der Waals surface area contributed by atoms with E-state index in [2.05, 4.69) is 9.47 Å². The molecule has 9 nitrogen and oxygen atoms in total. The molecule has 1 fully saturated rings. The molecule has 0 unspecified atom stereocenters. The van der Waals surface area contributed by atoms with Crippen molar-refractivity contribution in [3.05, 3.63) is 88.2 Å². The zero-order valence-electron chi connectivity index (χ0n) is 22.5. The Morgan fingerprint density at radius 2 is 1.90 bits per heavy atom. The van der Waals surface area contributed by atoms with E-state index in [-0.39, 0.29) is 12.2 Å². The summed E-state index contributed by atoms with van der Waals surface area (Å²) in [5.74, 6) is 1.02. The van der Waals surface area contributed by atoms with Gasteiger partial charge in [-0.3, -0.25) is 4.90 Å². The lowest BCUT2D eigenvalue weighted by molar-refractivity contribution is 0.0367. The molecular weight excluding hydrogens is 549 g/mol. The number of hydrogen-bond donors (Lipinski definition) is 1. The van der Waals surface area contributed by atoms with Gasteiger partial charge in [-0.05, 0) is 48.9 Å². The van der Waals surface area contributed by atoms with E-state index < -0.39 is 11.8 Å². The molecule has 41 heavy (non-hydrogen) atoms. The zero-order chi connectivity index (χ0) is 28.5. The number of hydrogen-bond acceptors (Lipinski definition) is 6. The van der Waals surface area contributed by atoms with Crippen LogP contribution in [0.5, 0.6) is 5.75 Å². The van der Waals surface area contributed by atoms with Gasteiger partial charge in [0, 0.05) is 43.9 Å². The first kappa shape index (κ1) is 27.2. The van der Waals surface area contributed by atoms with Crippen LogP contribution in [0.15, 0.2) is 54.6 Å². The summed E-state index contributed by atoms with van der Waals surface area (Å²) in [6, 6.07) is 15.3. The Morgan fingerprint density at radius 1 is 1.10 bits per heavy atom. The maximum absolute atomic E-state index is 14.2. The summed E-state index contributed by atoms with van der Waals surface area (Å²) in [5.41, 5.74) is 3.95. The quantitative estimate of drug-likeness (QED) is 0.288. The Kier molecular flexibility index (Phi) is 7.61. The molecule has 0 saturated carbocycles. The molecule has 0 bridgehead atoms. The lowest BCUT2D eigenvalue weighted by Gasteiger charge is -2.27. The Bertz CT molecular complexity index is 1740. The summed E-state index contributed by atoms with van der Waals surface area (Å²) in [4.78, 5) is 23.2. The van der Waals surface area contributed by atoms with E-state index in [0.717, 1.165) is 60.0 Å². The topological polar surface area (TPSA) is 94.6 Å². The fourth-order valence-electron chi connectivity index (χ4n) is 4.96. The number of aromatic carboxylic acids is 1. The van der Waals surface area contributed by atoms with Crippen molar-refractivity contribution in [2.45, 2.75) is 32.7 Å². The van der Waals surface area contributed by atoms with Crippen LogP contribution < -0.4 is 4.74 Å². The SMILES string of the molecule is C1COC1.Cn1c(CN2CCn3c(nc4c(OCc5ccc(Cl)cc5F)cccc43)C2)nc2ccc(C(=O)O)cc21. The van der Waals surface area contributed by atoms with Gasteiger partial charge in [0.25, 0.3) is 0 Å². The number of rotatable bonds is 6. The molecule has 3 aromatic carbocycles. The van der Waals surface area contributed by atoms with Crippen molar-refractivity contribution < 1.29 is 23.8 Å². The molecule has 2 aromatic heterocycles. The number of aromatic nitrogens is 4. The normalized spacial score (nSPS) is 14.8. The molecule has 212 valence electrons. The molecule has 5 aromatic rings. The molecule has 0 amide bonds. The van der Waals surface area contributed by atoms with Crippen molar-refractivity contribution in [2.24, 2.45) is 7.05 Å². The highest BCUT2D eigenvalue weighted by atomic mass is 35.5. The molecule has 4 heterocycles. The number of para-hydroxylation sites is 1. The van der Waals surface area contributed by atoms with E-state index in [1.54, 1.807) is 30.3 Å². The predicted octanol–water partition coefficient (Wildman–Crippen LogP) is 5.42. The number of halogens is 2. The minimum atomic E-state index is -0.957. The maximum atomic E-state index is 14.2. The Hall–Kier alpha value is -3.99. The van der Waals surface area contributed by atoms with Crippen molar-refractivity contribution in [3.8, 4) is 5.75 Å². The summed E-state index contributed by atoms with van der Waals surface area (Å²) in [5, 5.41) is 9.66. The third-order valence-corrected chi connectivity index (χ3v) is 7.62. The summed E-state index contributed by atoms with van der Waals surface area (Å²) in [6.07, 6.45) is 1.28. The molecule has 1 saturated heterocycles. The third-order valence-electron chi connectivity index (χ3n) is 7.39. The summed E-state index contributed by atoms with van der Waals surface area (Å²) in [6.45, 7) is 4.88. The van der Waals surface area contributed by atoms with Crippen molar-refractivity contribution in [3.63, 3.8) is 0 Å². The highest BCUT2D eigenvalue weighted by Gasteiger charge is 2.23. The van der Waals surface area contributed by atoms with Gasteiger partial charge in [0.2, 0.25) is 0 Å². The number of fused-ring (bicyclic) bond motifs is 4. The van der Waals surface area contributed by atoms with Gasteiger partial charge in [0.05, 0.1) is 35.2 Å². The van der Waals surface area contributed by atoms with E-state index in [4.69, 9.17) is 31.0 Å². The fourth-order valence-corrected chi connectivity index (χ4v) is 5.12. The lowest BCUT2D eigenvalue weighted by atomic mass is 10.2. The number of carbonyl (C=O) groups is 1. The van der Waals surface area contributed by atoms with Crippen LogP contribution in [0.3, 0.4) is 0 Å². The first-order valence-corrected chi connectivity index (χ1v) is 13.8. The van der Waals surface area contributed by atoms with Crippen LogP contribution >= 0.6 is 11.6 Å².